The normalized spacial score (nSPS) is 10.5. The summed E-state index contributed by atoms with van der Waals surface area (Å²) in [4.78, 5) is 51.1. The fourth-order valence-corrected chi connectivity index (χ4v) is 4.46. The van der Waals surface area contributed by atoms with E-state index in [0.717, 1.165) is 6.07 Å². The van der Waals surface area contributed by atoms with Gasteiger partial charge in [0.1, 0.15) is 23.0 Å². The van der Waals surface area contributed by atoms with Gasteiger partial charge in [0.05, 0.1) is 48.6 Å². The third-order valence-corrected chi connectivity index (χ3v) is 6.52. The molecule has 0 aliphatic rings. The van der Waals surface area contributed by atoms with E-state index in [1.54, 1.807) is 54.6 Å². The second-order valence-corrected chi connectivity index (χ2v) is 9.22. The van der Waals surface area contributed by atoms with Crippen molar-refractivity contribution in [2.45, 2.75) is 13.1 Å². The van der Waals surface area contributed by atoms with E-state index >= 15 is 0 Å². The largest absolute Gasteiger partial charge is 0.496 e. The van der Waals surface area contributed by atoms with Gasteiger partial charge < -0.3 is 34.4 Å². The van der Waals surface area contributed by atoms with E-state index in [4.69, 9.17) is 14.2 Å². The van der Waals surface area contributed by atoms with Crippen molar-refractivity contribution in [3.8, 4) is 23.0 Å². The molecule has 0 heterocycles. The minimum atomic E-state index is -1.65. The first-order valence-electron chi connectivity index (χ1n) is 12.8. The maximum absolute atomic E-state index is 14.1. The molecule has 0 saturated carbocycles. The van der Waals surface area contributed by atoms with Crippen molar-refractivity contribution in [3.05, 3.63) is 118 Å². The summed E-state index contributed by atoms with van der Waals surface area (Å²) in [6, 6.07) is 22.5. The number of methoxy groups -OCH3 is 2. The lowest BCUT2D eigenvalue weighted by molar-refractivity contribution is 0.0643. The van der Waals surface area contributed by atoms with Gasteiger partial charge in [-0.15, -0.1) is 0 Å². The summed E-state index contributed by atoms with van der Waals surface area (Å²) in [5, 5.41) is 29.0. The van der Waals surface area contributed by atoms with Gasteiger partial charge >= 0.3 is 17.9 Å². The average Bonchev–Trinajstić information content (AvgIpc) is 3.00. The van der Waals surface area contributed by atoms with Gasteiger partial charge in [0.25, 0.3) is 5.91 Å². The third kappa shape index (κ3) is 6.91. The van der Waals surface area contributed by atoms with E-state index in [1.165, 1.54) is 19.1 Å². The molecule has 0 bridgehead atoms. The zero-order chi connectivity index (χ0) is 31.1. The van der Waals surface area contributed by atoms with Crippen LogP contribution in [0, 0.1) is 0 Å². The van der Waals surface area contributed by atoms with Crippen LogP contribution < -0.4 is 14.2 Å². The van der Waals surface area contributed by atoms with Gasteiger partial charge in [0.15, 0.2) is 0 Å². The van der Waals surface area contributed by atoms with Gasteiger partial charge in [-0.3, -0.25) is 4.79 Å². The summed E-state index contributed by atoms with van der Waals surface area (Å²) in [7, 11) is 2.89. The lowest BCUT2D eigenvalue weighted by atomic mass is 9.96. The number of nitrogens with zero attached hydrogens (tertiary/aromatic N) is 1. The number of carboxylic acids is 3. The first-order valence-corrected chi connectivity index (χ1v) is 12.8. The lowest BCUT2D eigenvalue weighted by Gasteiger charge is -2.26. The molecule has 43 heavy (non-hydrogen) atoms. The standard InChI is InChI=1S/C32H27NO10/c1-41-27-9-6-10-28(42-2)26(27)18-33(17-19-11-13-21(14-12-19)43-20-7-4-3-5-8-20)29(34)22-15-24(31(37)38)25(32(39)40)16-23(22)30(35)36/h3-16H,17-18H2,1-2H3,(H,35,36)(H,37,38)(H,39,40). The van der Waals surface area contributed by atoms with E-state index in [2.05, 4.69) is 0 Å². The zero-order valence-corrected chi connectivity index (χ0v) is 23.1. The van der Waals surface area contributed by atoms with Crippen LogP contribution in [0.2, 0.25) is 0 Å². The number of para-hydroxylation sites is 1. The fourth-order valence-electron chi connectivity index (χ4n) is 4.46. The van der Waals surface area contributed by atoms with Crippen LogP contribution >= 0.6 is 0 Å². The van der Waals surface area contributed by atoms with Crippen LogP contribution in [0.3, 0.4) is 0 Å². The van der Waals surface area contributed by atoms with E-state index in [0.29, 0.717) is 40.2 Å². The number of benzene rings is 4. The number of carboxylic acid groups (broad SMARTS) is 3. The van der Waals surface area contributed by atoms with Crippen molar-refractivity contribution in [1.29, 1.82) is 0 Å². The smallest absolute Gasteiger partial charge is 0.336 e. The summed E-state index contributed by atoms with van der Waals surface area (Å²) in [6.07, 6.45) is 0. The van der Waals surface area contributed by atoms with E-state index < -0.39 is 46.1 Å². The highest BCUT2D eigenvalue weighted by Gasteiger charge is 2.29. The Kier molecular flexibility index (Phi) is 9.26. The predicted molar refractivity (Wildman–Crippen MR) is 153 cm³/mol. The highest BCUT2D eigenvalue weighted by molar-refractivity contribution is 6.10. The molecule has 0 spiro atoms. The molecule has 11 heteroatoms. The minimum absolute atomic E-state index is 0.0478. The van der Waals surface area contributed by atoms with Gasteiger partial charge in [-0.2, -0.15) is 0 Å². The molecule has 0 aliphatic carbocycles. The van der Waals surface area contributed by atoms with Crippen molar-refractivity contribution in [3.63, 3.8) is 0 Å². The number of ether oxygens (including phenoxy) is 3. The van der Waals surface area contributed by atoms with Gasteiger partial charge in [-0.1, -0.05) is 36.4 Å². The molecule has 0 radical (unpaired) electrons. The SMILES string of the molecule is COc1cccc(OC)c1CN(Cc1ccc(Oc2ccccc2)cc1)C(=O)c1cc(C(=O)O)c(C(=O)O)cc1C(=O)O. The summed E-state index contributed by atoms with van der Waals surface area (Å²) in [5.74, 6) is -3.75. The number of hydrogen-bond donors (Lipinski definition) is 3. The second-order valence-electron chi connectivity index (χ2n) is 9.22. The van der Waals surface area contributed by atoms with Crippen LogP contribution in [-0.4, -0.2) is 58.3 Å². The highest BCUT2D eigenvalue weighted by Crippen LogP contribution is 2.32. The van der Waals surface area contributed by atoms with E-state index in [1.807, 2.05) is 18.2 Å². The van der Waals surface area contributed by atoms with Gasteiger partial charge in [0, 0.05) is 6.54 Å². The number of rotatable bonds is 12. The number of hydrogen-bond acceptors (Lipinski definition) is 7. The van der Waals surface area contributed by atoms with Crippen molar-refractivity contribution in [2.24, 2.45) is 0 Å². The lowest BCUT2D eigenvalue weighted by Crippen LogP contribution is -2.32. The number of amides is 1. The Morgan fingerprint density at radius 2 is 1.09 bits per heavy atom. The predicted octanol–water partition coefficient (Wildman–Crippen LogP) is 5.43. The number of carbonyl (C=O) groups excluding carboxylic acids is 1. The van der Waals surface area contributed by atoms with Crippen molar-refractivity contribution < 1.29 is 48.7 Å². The summed E-state index contributed by atoms with van der Waals surface area (Å²) >= 11 is 0. The zero-order valence-electron chi connectivity index (χ0n) is 23.1. The molecule has 1 amide bonds. The molecule has 0 unspecified atom stereocenters. The molecule has 0 fully saturated rings. The average molecular weight is 586 g/mol. The van der Waals surface area contributed by atoms with Crippen LogP contribution in [0.4, 0.5) is 0 Å². The Labute approximate surface area is 246 Å². The van der Waals surface area contributed by atoms with Crippen molar-refractivity contribution in [1.82, 2.24) is 4.90 Å². The number of carbonyl (C=O) groups is 4. The third-order valence-electron chi connectivity index (χ3n) is 6.52. The van der Waals surface area contributed by atoms with Crippen LogP contribution in [0.5, 0.6) is 23.0 Å². The first kappa shape index (κ1) is 30.1. The molecule has 0 aromatic heterocycles. The Morgan fingerprint density at radius 1 is 0.605 bits per heavy atom. The molecule has 4 aromatic carbocycles. The second kappa shape index (κ2) is 13.2. The number of aromatic carboxylic acids is 3. The molecular formula is C32H27NO10. The van der Waals surface area contributed by atoms with Crippen molar-refractivity contribution >= 4 is 23.8 Å². The monoisotopic (exact) mass is 585 g/mol. The molecule has 0 aliphatic heterocycles. The van der Waals surface area contributed by atoms with Crippen LogP contribution in [-0.2, 0) is 13.1 Å². The maximum atomic E-state index is 14.1. The maximum Gasteiger partial charge on any atom is 0.336 e. The molecular weight excluding hydrogens is 558 g/mol. The summed E-state index contributed by atoms with van der Waals surface area (Å²) in [5.41, 5.74) is -1.52. The van der Waals surface area contributed by atoms with Gasteiger partial charge in [0.2, 0.25) is 0 Å². The molecule has 0 saturated heterocycles. The summed E-state index contributed by atoms with van der Waals surface area (Å²) in [6.45, 7) is -0.176. The van der Waals surface area contributed by atoms with Crippen molar-refractivity contribution in [2.75, 3.05) is 14.2 Å². The fraction of sp³-hybridized carbons (Fsp3) is 0.125. The molecule has 0 atom stereocenters. The molecule has 3 N–H and O–H groups in total. The van der Waals surface area contributed by atoms with E-state index in [9.17, 15) is 34.5 Å². The molecule has 220 valence electrons. The molecule has 11 nitrogen and oxygen atoms in total. The Morgan fingerprint density at radius 3 is 1.60 bits per heavy atom. The van der Waals surface area contributed by atoms with Crippen LogP contribution in [0.1, 0.15) is 52.6 Å². The van der Waals surface area contributed by atoms with Crippen LogP contribution in [0.15, 0.2) is 84.9 Å². The summed E-state index contributed by atoms with van der Waals surface area (Å²) < 4.78 is 16.8. The van der Waals surface area contributed by atoms with Crippen LogP contribution in [0.25, 0.3) is 0 Å². The van der Waals surface area contributed by atoms with E-state index in [-0.39, 0.29) is 13.1 Å². The minimum Gasteiger partial charge on any atom is -0.496 e. The Bertz CT molecular complexity index is 1640. The Balaban J connectivity index is 1.78. The van der Waals surface area contributed by atoms with Gasteiger partial charge in [-0.05, 0) is 54.1 Å². The molecule has 4 aromatic rings. The highest BCUT2D eigenvalue weighted by atomic mass is 16.5. The first-order chi connectivity index (χ1) is 20.6. The quantitative estimate of drug-likeness (QED) is 0.195. The van der Waals surface area contributed by atoms with Gasteiger partial charge in [-0.25, -0.2) is 14.4 Å². The topological polar surface area (TPSA) is 160 Å². The Hall–Kier alpha value is -5.84. The molecule has 4 rings (SSSR count).